The van der Waals surface area contributed by atoms with Crippen molar-refractivity contribution < 1.29 is 50.2 Å². The van der Waals surface area contributed by atoms with Gasteiger partial charge < -0.3 is 14.7 Å². The summed E-state index contributed by atoms with van der Waals surface area (Å²) >= 11 is 8.80. The van der Waals surface area contributed by atoms with Crippen LogP contribution in [0.3, 0.4) is 0 Å². The second kappa shape index (κ2) is 13.2. The maximum Gasteiger partial charge on any atom is 0.435 e. The summed E-state index contributed by atoms with van der Waals surface area (Å²) in [4.78, 5) is 28.4. The zero-order valence-electron chi connectivity index (χ0n) is 23.4. The quantitative estimate of drug-likeness (QED) is 0.187. The topological polar surface area (TPSA) is 93.9 Å². The number of aliphatic hydroxyl groups excluding tert-OH is 1. The highest BCUT2D eigenvalue weighted by Gasteiger charge is 2.73. The molecule has 0 fully saturated rings. The number of benzene rings is 3. The van der Waals surface area contributed by atoms with Gasteiger partial charge in [-0.2, -0.15) is 31.6 Å². The van der Waals surface area contributed by atoms with Crippen LogP contribution in [0.2, 0.25) is 5.02 Å². The number of anilines is 2. The monoisotopic (exact) mass is 723 g/mol. The van der Waals surface area contributed by atoms with Crippen molar-refractivity contribution in [1.29, 1.82) is 5.26 Å². The van der Waals surface area contributed by atoms with Gasteiger partial charge in [-0.15, -0.1) is 0 Å². The Kier molecular flexibility index (Phi) is 10.5. The molecule has 0 heterocycles. The van der Waals surface area contributed by atoms with E-state index >= 15 is 0 Å². The number of halogens is 9. The van der Waals surface area contributed by atoms with E-state index in [1.54, 1.807) is 6.92 Å². The van der Waals surface area contributed by atoms with Crippen molar-refractivity contribution in [3.05, 3.63) is 86.3 Å². The third-order valence-corrected chi connectivity index (χ3v) is 7.54. The molecule has 0 aliphatic heterocycles. The number of rotatable bonds is 8. The predicted molar refractivity (Wildman–Crippen MR) is 154 cm³/mol. The molecule has 1 N–H and O–H groups in total. The number of nitriles is 1. The lowest BCUT2D eigenvalue weighted by Gasteiger charge is -2.32. The number of alkyl halides is 7. The van der Waals surface area contributed by atoms with Crippen LogP contribution in [0.1, 0.15) is 47.1 Å². The Morgan fingerprint density at radius 2 is 1.62 bits per heavy atom. The molecule has 3 aromatic rings. The summed E-state index contributed by atoms with van der Waals surface area (Å²) in [5.41, 5.74) is -7.87. The molecule has 0 spiro atoms. The van der Waals surface area contributed by atoms with Crippen molar-refractivity contribution in [1.82, 2.24) is 0 Å². The Bertz CT molecular complexity index is 1610. The maximum atomic E-state index is 14.8. The van der Waals surface area contributed by atoms with E-state index in [0.29, 0.717) is 16.0 Å². The second-order valence-corrected chi connectivity index (χ2v) is 10.6. The third-order valence-electron chi connectivity index (χ3n) is 6.65. The van der Waals surface area contributed by atoms with Gasteiger partial charge in [0.1, 0.15) is 0 Å². The van der Waals surface area contributed by atoms with Crippen LogP contribution in [0.5, 0.6) is 5.75 Å². The summed E-state index contributed by atoms with van der Waals surface area (Å²) in [5.74, 6) is -2.39. The van der Waals surface area contributed by atoms with Gasteiger partial charge in [-0.3, -0.25) is 9.59 Å². The Morgan fingerprint density at radius 3 is 2.07 bits per heavy atom. The van der Waals surface area contributed by atoms with E-state index in [0.717, 1.165) is 6.92 Å². The fraction of sp³-hybridized carbons (Fsp3) is 0.276. The Balaban J connectivity index is 2.16. The molecule has 3 aromatic carbocycles. The molecule has 1 atom stereocenters. The first kappa shape index (κ1) is 35.6. The lowest BCUT2D eigenvalue weighted by atomic mass is 9.93. The van der Waals surface area contributed by atoms with Crippen molar-refractivity contribution in [3.63, 3.8) is 0 Å². The van der Waals surface area contributed by atoms with Gasteiger partial charge in [-0.25, -0.2) is 9.29 Å². The smallest absolute Gasteiger partial charge is 0.435 e. The van der Waals surface area contributed by atoms with Crippen LogP contribution in [0.4, 0.5) is 42.1 Å². The SMILES string of the molecule is CCN(c1cccc(C(=O)N(C(C)=O)c2c(Cl)cc(C(F)(C(F)(F)F)C(F)(F)F)cc2Br)c1OC)C(O)c1ccc(C#N)cc1. The van der Waals surface area contributed by atoms with Crippen LogP contribution in [0.25, 0.3) is 0 Å². The molecule has 0 aliphatic rings. The van der Waals surface area contributed by atoms with E-state index in [1.165, 1.54) is 54.5 Å². The molecule has 3 rings (SSSR count). The normalized spacial score (nSPS) is 12.7. The minimum absolute atomic E-state index is 0.0340. The van der Waals surface area contributed by atoms with E-state index in [9.17, 15) is 45.4 Å². The molecule has 2 amide bonds. The minimum Gasteiger partial charge on any atom is -0.494 e. The van der Waals surface area contributed by atoms with Crippen LogP contribution in [-0.4, -0.2) is 42.9 Å². The molecular formula is C29H22BrClF7N3O4. The third kappa shape index (κ3) is 6.58. The summed E-state index contributed by atoms with van der Waals surface area (Å²) in [7, 11) is 1.18. The van der Waals surface area contributed by atoms with Crippen molar-refractivity contribution in [2.75, 3.05) is 23.5 Å². The van der Waals surface area contributed by atoms with E-state index in [1.807, 2.05) is 6.07 Å². The number of carbonyl (C=O) groups is 2. The van der Waals surface area contributed by atoms with Gasteiger partial charge in [0.25, 0.3) is 5.91 Å². The van der Waals surface area contributed by atoms with E-state index in [2.05, 4.69) is 15.9 Å². The van der Waals surface area contributed by atoms with Crippen molar-refractivity contribution in [2.24, 2.45) is 0 Å². The van der Waals surface area contributed by atoms with E-state index in [-0.39, 0.29) is 35.7 Å². The number of hydrogen-bond acceptors (Lipinski definition) is 6. The first-order chi connectivity index (χ1) is 20.8. The van der Waals surface area contributed by atoms with Gasteiger partial charge in [0.2, 0.25) is 5.91 Å². The molecule has 1 unspecified atom stereocenters. The van der Waals surface area contributed by atoms with E-state index in [4.69, 9.17) is 21.6 Å². The maximum absolute atomic E-state index is 14.8. The molecular weight excluding hydrogens is 703 g/mol. The van der Waals surface area contributed by atoms with Crippen LogP contribution < -0.4 is 14.5 Å². The molecule has 0 aliphatic carbocycles. The van der Waals surface area contributed by atoms with Crippen LogP contribution in [0.15, 0.2) is 59.1 Å². The van der Waals surface area contributed by atoms with Gasteiger partial charge in [-0.05, 0) is 59.3 Å². The zero-order valence-corrected chi connectivity index (χ0v) is 25.7. The largest absolute Gasteiger partial charge is 0.494 e. The van der Waals surface area contributed by atoms with Crippen LogP contribution >= 0.6 is 27.5 Å². The van der Waals surface area contributed by atoms with E-state index < -0.39 is 56.8 Å². The van der Waals surface area contributed by atoms with Gasteiger partial charge >= 0.3 is 18.0 Å². The highest BCUT2D eigenvalue weighted by atomic mass is 79.9. The number of aliphatic hydroxyl groups is 1. The molecule has 0 aromatic heterocycles. The Labute approximate surface area is 265 Å². The predicted octanol–water partition coefficient (Wildman–Crippen LogP) is 7.98. The number of hydrogen-bond donors (Lipinski definition) is 1. The fourth-order valence-corrected chi connectivity index (χ4v) is 5.56. The summed E-state index contributed by atoms with van der Waals surface area (Å²) < 4.78 is 99.8. The number of ether oxygens (including phenoxy) is 1. The molecule has 45 heavy (non-hydrogen) atoms. The second-order valence-electron chi connectivity index (χ2n) is 9.35. The number of amides is 2. The summed E-state index contributed by atoms with van der Waals surface area (Å²) in [6.45, 7) is 2.70. The zero-order chi connectivity index (χ0) is 34.1. The van der Waals surface area contributed by atoms with Gasteiger partial charge in [-0.1, -0.05) is 29.8 Å². The Morgan fingerprint density at radius 1 is 1.04 bits per heavy atom. The highest BCUT2D eigenvalue weighted by Crippen LogP contribution is 2.55. The van der Waals surface area contributed by atoms with Gasteiger partial charge in [0, 0.05) is 29.1 Å². The van der Waals surface area contributed by atoms with Crippen molar-refractivity contribution in [3.8, 4) is 11.8 Å². The molecule has 0 saturated carbocycles. The number of para-hydroxylation sites is 1. The standard InChI is InChI=1S/C29H22BrClF7N3O4/c1-4-40(25(43)17-10-8-16(14-39)9-11-17)22-7-5-6-19(24(22)45-3)26(44)41(15(2)42)23-20(30)12-18(13-21(23)31)27(32,28(33,34)35)29(36,37)38/h5-13,25,43H,4H2,1-3H3. The average Bonchev–Trinajstić information content (AvgIpc) is 2.96. The minimum atomic E-state index is -6.44. The number of methoxy groups -OCH3 is 1. The average molecular weight is 725 g/mol. The number of carbonyl (C=O) groups excluding carboxylic acids is 2. The molecule has 0 radical (unpaired) electrons. The molecule has 240 valence electrons. The van der Waals surface area contributed by atoms with Crippen LogP contribution in [-0.2, 0) is 10.5 Å². The molecule has 16 heteroatoms. The molecule has 0 saturated heterocycles. The highest BCUT2D eigenvalue weighted by molar-refractivity contribution is 9.10. The summed E-state index contributed by atoms with van der Waals surface area (Å²) in [6, 6.07) is 12.2. The Hall–Kier alpha value is -3.87. The lowest BCUT2D eigenvalue weighted by Crippen LogP contribution is -2.50. The summed E-state index contributed by atoms with van der Waals surface area (Å²) in [5, 5.41) is 19.2. The fourth-order valence-electron chi connectivity index (χ4n) is 4.51. The van der Waals surface area contributed by atoms with Gasteiger partial charge in [0.05, 0.1) is 40.7 Å². The first-order valence-corrected chi connectivity index (χ1v) is 13.8. The number of imide groups is 1. The number of nitrogens with zero attached hydrogens (tertiary/aromatic N) is 3. The molecule has 0 bridgehead atoms. The lowest BCUT2D eigenvalue weighted by molar-refractivity contribution is -0.348. The van der Waals surface area contributed by atoms with Crippen molar-refractivity contribution in [2.45, 2.75) is 38.1 Å². The first-order valence-electron chi connectivity index (χ1n) is 12.6. The summed E-state index contributed by atoms with van der Waals surface area (Å²) in [6.07, 6.45) is -14.2. The molecule has 7 nitrogen and oxygen atoms in total. The van der Waals surface area contributed by atoms with Crippen LogP contribution in [0, 0.1) is 11.3 Å². The van der Waals surface area contributed by atoms with Gasteiger partial charge in [0.15, 0.2) is 12.0 Å². The van der Waals surface area contributed by atoms with Crippen molar-refractivity contribution >= 4 is 50.7 Å².